The number of rotatable bonds is 8. The van der Waals surface area contributed by atoms with Crippen LogP contribution in [0, 0.1) is 13.8 Å². The Hall–Kier alpha value is -4.24. The van der Waals surface area contributed by atoms with Gasteiger partial charge in [0.2, 0.25) is 0 Å². The maximum absolute atomic E-state index is 13.5. The van der Waals surface area contributed by atoms with Gasteiger partial charge in [0.05, 0.1) is 24.4 Å². The zero-order valence-electron chi connectivity index (χ0n) is 22.5. The van der Waals surface area contributed by atoms with Gasteiger partial charge in [0, 0.05) is 5.56 Å². The number of aliphatic hydroxyl groups excluding tert-OH is 1. The molecule has 0 bridgehead atoms. The highest BCUT2D eigenvalue weighted by Crippen LogP contribution is 2.44. The fourth-order valence-electron chi connectivity index (χ4n) is 4.47. The van der Waals surface area contributed by atoms with Gasteiger partial charge in [0.1, 0.15) is 23.0 Å². The van der Waals surface area contributed by atoms with Crippen molar-refractivity contribution in [3.63, 3.8) is 0 Å². The summed E-state index contributed by atoms with van der Waals surface area (Å²) in [5.41, 5.74) is 3.08. The van der Waals surface area contributed by atoms with Crippen LogP contribution in [0.25, 0.3) is 5.76 Å². The van der Waals surface area contributed by atoms with Crippen molar-refractivity contribution < 1.29 is 29.0 Å². The van der Waals surface area contributed by atoms with Crippen molar-refractivity contribution in [1.82, 2.24) is 4.98 Å². The molecule has 0 saturated carbocycles. The number of ketones is 1. The Bertz CT molecular complexity index is 1490. The highest BCUT2D eigenvalue weighted by atomic mass is 32.1. The predicted octanol–water partition coefficient (Wildman–Crippen LogP) is 5.86. The van der Waals surface area contributed by atoms with Crippen molar-refractivity contribution in [3.8, 4) is 5.75 Å². The second-order valence-corrected chi connectivity index (χ2v) is 10.4. The van der Waals surface area contributed by atoms with E-state index in [0.29, 0.717) is 34.7 Å². The van der Waals surface area contributed by atoms with Gasteiger partial charge in [-0.1, -0.05) is 62.1 Å². The lowest BCUT2D eigenvalue weighted by Crippen LogP contribution is -2.29. The van der Waals surface area contributed by atoms with E-state index in [1.165, 1.54) is 12.0 Å². The minimum Gasteiger partial charge on any atom is -0.507 e. The summed E-state index contributed by atoms with van der Waals surface area (Å²) in [4.78, 5) is 45.2. The standard InChI is InChI=1S/C30H30N2O6S/c1-7-14-38-21-12-13-22(17(4)15-21)25(33)23-24(20-10-8-19(9-11-20)16(2)3)32(28(35)26(23)34)30-31-18(5)27(39-30)29(36)37-6/h7-13,15-16,24,33H,1,14H2,2-6H3. The van der Waals surface area contributed by atoms with Gasteiger partial charge in [-0.15, -0.1) is 0 Å². The van der Waals surface area contributed by atoms with E-state index in [4.69, 9.17) is 9.47 Å². The Morgan fingerprint density at radius 1 is 1.18 bits per heavy atom. The summed E-state index contributed by atoms with van der Waals surface area (Å²) in [5.74, 6) is -1.71. The first-order valence-electron chi connectivity index (χ1n) is 12.4. The number of carbonyl (C=O) groups is 3. The molecular weight excluding hydrogens is 516 g/mol. The summed E-state index contributed by atoms with van der Waals surface area (Å²) in [6, 6.07) is 11.7. The smallest absolute Gasteiger partial charge is 0.350 e. The van der Waals surface area contributed by atoms with Gasteiger partial charge in [-0.3, -0.25) is 14.5 Å². The third-order valence-electron chi connectivity index (χ3n) is 6.55. The monoisotopic (exact) mass is 546 g/mol. The third kappa shape index (κ3) is 5.22. The van der Waals surface area contributed by atoms with Crippen molar-refractivity contribution >= 4 is 39.9 Å². The van der Waals surface area contributed by atoms with Crippen LogP contribution in [0.3, 0.4) is 0 Å². The second-order valence-electron chi connectivity index (χ2n) is 9.47. The normalized spacial score (nSPS) is 16.6. The zero-order chi connectivity index (χ0) is 28.4. The van der Waals surface area contributed by atoms with Crippen LogP contribution < -0.4 is 9.64 Å². The summed E-state index contributed by atoms with van der Waals surface area (Å²) < 4.78 is 10.4. The Morgan fingerprint density at radius 2 is 1.87 bits per heavy atom. The molecule has 1 unspecified atom stereocenters. The van der Waals surface area contributed by atoms with Gasteiger partial charge in [0.15, 0.2) is 5.13 Å². The van der Waals surface area contributed by atoms with Crippen molar-refractivity contribution in [2.75, 3.05) is 18.6 Å². The summed E-state index contributed by atoms with van der Waals surface area (Å²) in [5, 5.41) is 11.7. The zero-order valence-corrected chi connectivity index (χ0v) is 23.3. The van der Waals surface area contributed by atoms with Gasteiger partial charge in [0.25, 0.3) is 5.78 Å². The van der Waals surface area contributed by atoms with Crippen molar-refractivity contribution in [2.45, 2.75) is 39.7 Å². The Kier molecular flexibility index (Phi) is 8.01. The van der Waals surface area contributed by atoms with Gasteiger partial charge in [-0.2, -0.15) is 0 Å². The molecule has 1 aliphatic rings. The Morgan fingerprint density at radius 3 is 2.46 bits per heavy atom. The average molecular weight is 547 g/mol. The summed E-state index contributed by atoms with van der Waals surface area (Å²) in [6.45, 7) is 11.5. The van der Waals surface area contributed by atoms with Crippen molar-refractivity contribution in [3.05, 3.63) is 93.5 Å². The first-order chi connectivity index (χ1) is 18.6. The van der Waals surface area contributed by atoms with Crippen LogP contribution in [0.2, 0.25) is 0 Å². The number of thiazole rings is 1. The van der Waals surface area contributed by atoms with Crippen molar-refractivity contribution in [1.29, 1.82) is 0 Å². The molecule has 1 amide bonds. The van der Waals surface area contributed by atoms with Crippen LogP contribution in [0.4, 0.5) is 5.13 Å². The van der Waals surface area contributed by atoms with E-state index in [2.05, 4.69) is 25.4 Å². The molecule has 1 N–H and O–H groups in total. The van der Waals surface area contributed by atoms with Gasteiger partial charge in [-0.05, 0) is 54.7 Å². The first kappa shape index (κ1) is 27.8. The van der Waals surface area contributed by atoms with Gasteiger partial charge < -0.3 is 14.6 Å². The fourth-order valence-corrected chi connectivity index (χ4v) is 5.48. The molecule has 8 nitrogen and oxygen atoms in total. The molecule has 39 heavy (non-hydrogen) atoms. The number of ether oxygens (including phenoxy) is 2. The molecule has 1 atom stereocenters. The molecule has 2 heterocycles. The topological polar surface area (TPSA) is 106 Å². The van der Waals surface area contributed by atoms with Crippen LogP contribution >= 0.6 is 11.3 Å². The molecule has 1 fully saturated rings. The quantitative estimate of drug-likeness (QED) is 0.124. The Labute approximate surface area is 231 Å². The first-order valence-corrected chi connectivity index (χ1v) is 13.2. The molecule has 0 spiro atoms. The molecule has 0 aliphatic carbocycles. The number of aryl methyl sites for hydroxylation is 2. The lowest BCUT2D eigenvalue weighted by molar-refractivity contribution is -0.132. The molecule has 9 heteroatoms. The van der Waals surface area contributed by atoms with E-state index < -0.39 is 23.7 Å². The number of aromatic nitrogens is 1. The number of amides is 1. The van der Waals surface area contributed by atoms with Crippen LogP contribution in [-0.2, 0) is 14.3 Å². The van der Waals surface area contributed by atoms with Gasteiger partial charge in [-0.25, -0.2) is 9.78 Å². The third-order valence-corrected chi connectivity index (χ3v) is 7.68. The number of aliphatic hydroxyl groups is 1. The number of hydrogen-bond acceptors (Lipinski definition) is 8. The molecule has 1 saturated heterocycles. The number of Topliss-reactive ketones (excluding diaryl/α,β-unsaturated/α-hetero) is 1. The van der Waals surface area contributed by atoms with Crippen LogP contribution in [-0.4, -0.2) is 41.5 Å². The van der Waals surface area contributed by atoms with E-state index in [-0.39, 0.29) is 27.3 Å². The highest BCUT2D eigenvalue weighted by Gasteiger charge is 2.48. The van der Waals surface area contributed by atoms with Crippen LogP contribution in [0.15, 0.2) is 60.7 Å². The van der Waals surface area contributed by atoms with Crippen LogP contribution in [0.1, 0.15) is 63.4 Å². The number of esters is 1. The summed E-state index contributed by atoms with van der Waals surface area (Å²) in [7, 11) is 1.26. The van der Waals surface area contributed by atoms with E-state index in [1.54, 1.807) is 38.1 Å². The number of methoxy groups -OCH3 is 1. The molecular formula is C30H30N2O6S. The maximum Gasteiger partial charge on any atom is 0.350 e. The van der Waals surface area contributed by atoms with E-state index >= 15 is 0 Å². The van der Waals surface area contributed by atoms with Crippen LogP contribution in [0.5, 0.6) is 5.75 Å². The Balaban J connectivity index is 1.90. The summed E-state index contributed by atoms with van der Waals surface area (Å²) >= 11 is 0.962. The van der Waals surface area contributed by atoms with E-state index in [9.17, 15) is 19.5 Å². The second kappa shape index (κ2) is 11.2. The van der Waals surface area contributed by atoms with E-state index in [1.807, 2.05) is 24.3 Å². The number of carbonyl (C=O) groups excluding carboxylic acids is 3. The maximum atomic E-state index is 13.5. The SMILES string of the molecule is C=CCOc1ccc(C(O)=C2C(=O)C(=O)N(c3nc(C)c(C(=O)OC)s3)C2c2ccc(C(C)C)cc2)c(C)c1. The molecule has 1 aliphatic heterocycles. The molecule has 202 valence electrons. The molecule has 2 aromatic carbocycles. The molecule has 3 aromatic rings. The molecule has 1 aromatic heterocycles. The lowest BCUT2D eigenvalue weighted by Gasteiger charge is -2.23. The largest absolute Gasteiger partial charge is 0.507 e. The van der Waals surface area contributed by atoms with Crippen molar-refractivity contribution in [2.24, 2.45) is 0 Å². The van der Waals surface area contributed by atoms with E-state index in [0.717, 1.165) is 16.9 Å². The minimum atomic E-state index is -0.960. The van der Waals surface area contributed by atoms with Gasteiger partial charge >= 0.3 is 11.9 Å². The predicted molar refractivity (Wildman–Crippen MR) is 150 cm³/mol. The average Bonchev–Trinajstić information content (AvgIpc) is 3.43. The number of anilines is 1. The fraction of sp³-hybridized carbons (Fsp3) is 0.267. The number of nitrogens with zero attached hydrogens (tertiary/aromatic N) is 2. The minimum absolute atomic E-state index is 0.0624. The summed E-state index contributed by atoms with van der Waals surface area (Å²) in [6.07, 6.45) is 1.63. The number of hydrogen-bond donors (Lipinski definition) is 1. The number of benzene rings is 2. The lowest BCUT2D eigenvalue weighted by atomic mass is 9.92. The molecule has 4 rings (SSSR count). The molecule has 0 radical (unpaired) electrons. The highest BCUT2D eigenvalue weighted by molar-refractivity contribution is 7.17.